The van der Waals surface area contributed by atoms with Crippen molar-refractivity contribution in [1.29, 1.82) is 0 Å². The highest BCUT2D eigenvalue weighted by Crippen LogP contribution is 2.23. The summed E-state index contributed by atoms with van der Waals surface area (Å²) in [5.74, 6) is 0.657. The van der Waals surface area contributed by atoms with E-state index >= 15 is 0 Å². The van der Waals surface area contributed by atoms with Crippen molar-refractivity contribution in [3.8, 4) is 0 Å². The van der Waals surface area contributed by atoms with E-state index in [1.165, 1.54) is 0 Å². The molecule has 0 atom stereocenters. The number of hydrogen-bond acceptors (Lipinski definition) is 6. The molecule has 124 valence electrons. The molecule has 7 heteroatoms. The molecule has 0 aliphatic carbocycles. The van der Waals surface area contributed by atoms with Crippen molar-refractivity contribution in [3.63, 3.8) is 0 Å². The van der Waals surface area contributed by atoms with Crippen molar-refractivity contribution in [3.05, 3.63) is 60.4 Å². The zero-order valence-electron chi connectivity index (χ0n) is 14.0. The molecule has 2 aromatic carbocycles. The zero-order valence-corrected chi connectivity index (χ0v) is 14.0. The van der Waals surface area contributed by atoms with Crippen LogP contribution in [-0.2, 0) is 0 Å². The SMILES string of the molecule is CN(C)c1ccc(/C=N/Nc2nn3cnnc3c3ccccc23)cc1. The van der Waals surface area contributed by atoms with Gasteiger partial charge in [0.1, 0.15) is 6.33 Å². The molecule has 4 aromatic rings. The molecule has 25 heavy (non-hydrogen) atoms. The van der Waals surface area contributed by atoms with Crippen LogP contribution in [0.4, 0.5) is 11.5 Å². The van der Waals surface area contributed by atoms with Gasteiger partial charge in [0.05, 0.1) is 6.21 Å². The summed E-state index contributed by atoms with van der Waals surface area (Å²) < 4.78 is 1.64. The van der Waals surface area contributed by atoms with Gasteiger partial charge in [0.25, 0.3) is 0 Å². The fourth-order valence-electron chi connectivity index (χ4n) is 2.64. The van der Waals surface area contributed by atoms with Gasteiger partial charge in [0.2, 0.25) is 0 Å². The van der Waals surface area contributed by atoms with Crippen LogP contribution >= 0.6 is 0 Å². The average Bonchev–Trinajstić information content (AvgIpc) is 3.11. The number of hydrazone groups is 1. The van der Waals surface area contributed by atoms with E-state index < -0.39 is 0 Å². The maximum Gasteiger partial charge on any atom is 0.185 e. The number of benzene rings is 2. The predicted molar refractivity (Wildman–Crippen MR) is 100 cm³/mol. The molecule has 4 rings (SSSR count). The molecule has 0 saturated carbocycles. The lowest BCUT2D eigenvalue weighted by molar-refractivity contribution is 0.934. The van der Waals surface area contributed by atoms with E-state index in [4.69, 9.17) is 0 Å². The number of aromatic nitrogens is 4. The second-order valence-electron chi connectivity index (χ2n) is 5.85. The third-order valence-corrected chi connectivity index (χ3v) is 3.95. The van der Waals surface area contributed by atoms with Gasteiger partial charge in [-0.3, -0.25) is 5.43 Å². The summed E-state index contributed by atoms with van der Waals surface area (Å²) in [6.07, 6.45) is 3.35. The van der Waals surface area contributed by atoms with E-state index in [0.29, 0.717) is 5.82 Å². The van der Waals surface area contributed by atoms with Crippen molar-refractivity contribution in [2.75, 3.05) is 24.4 Å². The van der Waals surface area contributed by atoms with Gasteiger partial charge in [-0.05, 0) is 17.7 Å². The summed E-state index contributed by atoms with van der Waals surface area (Å²) >= 11 is 0. The van der Waals surface area contributed by atoms with Gasteiger partial charge < -0.3 is 4.90 Å². The Morgan fingerprint density at radius 3 is 2.56 bits per heavy atom. The predicted octanol–water partition coefficient (Wildman–Crippen LogP) is 2.79. The van der Waals surface area contributed by atoms with Crippen molar-refractivity contribution in [2.24, 2.45) is 5.10 Å². The fraction of sp³-hybridized carbons (Fsp3) is 0.111. The smallest absolute Gasteiger partial charge is 0.185 e. The highest BCUT2D eigenvalue weighted by Gasteiger charge is 2.08. The number of nitrogens with zero attached hydrogens (tertiary/aromatic N) is 6. The van der Waals surface area contributed by atoms with E-state index in [0.717, 1.165) is 27.7 Å². The Morgan fingerprint density at radius 1 is 1.04 bits per heavy atom. The molecule has 2 heterocycles. The van der Waals surface area contributed by atoms with Gasteiger partial charge in [-0.2, -0.15) is 9.62 Å². The first-order valence-electron chi connectivity index (χ1n) is 7.87. The monoisotopic (exact) mass is 331 g/mol. The van der Waals surface area contributed by atoms with Crippen LogP contribution in [0.15, 0.2) is 60.0 Å². The van der Waals surface area contributed by atoms with Gasteiger partial charge in [0, 0.05) is 30.6 Å². The first-order chi connectivity index (χ1) is 12.2. The minimum Gasteiger partial charge on any atom is -0.378 e. The van der Waals surface area contributed by atoms with Crippen molar-refractivity contribution < 1.29 is 0 Å². The minimum atomic E-state index is 0.657. The number of nitrogens with one attached hydrogen (secondary N) is 1. The topological polar surface area (TPSA) is 70.7 Å². The van der Waals surface area contributed by atoms with E-state index in [2.05, 4.69) is 42.9 Å². The summed E-state index contributed by atoms with van der Waals surface area (Å²) in [6, 6.07) is 16.1. The second kappa shape index (κ2) is 6.20. The molecule has 0 radical (unpaired) electrons. The summed E-state index contributed by atoms with van der Waals surface area (Å²) in [4.78, 5) is 2.06. The van der Waals surface area contributed by atoms with Crippen LogP contribution in [0.3, 0.4) is 0 Å². The molecular formula is C18H17N7. The number of anilines is 2. The van der Waals surface area contributed by atoms with Crippen molar-refractivity contribution in [2.45, 2.75) is 0 Å². The van der Waals surface area contributed by atoms with Gasteiger partial charge in [-0.15, -0.1) is 15.3 Å². The highest BCUT2D eigenvalue weighted by molar-refractivity contribution is 5.99. The lowest BCUT2D eigenvalue weighted by atomic mass is 10.2. The Labute approximate surface area is 144 Å². The van der Waals surface area contributed by atoms with Gasteiger partial charge >= 0.3 is 0 Å². The van der Waals surface area contributed by atoms with Crippen LogP contribution in [-0.4, -0.2) is 40.1 Å². The maximum absolute atomic E-state index is 4.49. The maximum atomic E-state index is 4.49. The standard InChI is InChI=1S/C18H17N7/c1-24(2)14-9-7-13(8-10-14)11-19-21-17-15-5-3-4-6-16(15)18-22-20-12-25(18)23-17/h3-12H,1-2H3,(H,21,23)/b19-11+. The zero-order chi connectivity index (χ0) is 17.2. The van der Waals surface area contributed by atoms with Crippen LogP contribution in [0.5, 0.6) is 0 Å². The molecule has 0 aliphatic heterocycles. The van der Waals surface area contributed by atoms with E-state index in [-0.39, 0.29) is 0 Å². The molecule has 2 aromatic heterocycles. The quantitative estimate of drug-likeness (QED) is 0.460. The van der Waals surface area contributed by atoms with E-state index in [1.54, 1.807) is 17.1 Å². The summed E-state index contributed by atoms with van der Waals surface area (Å²) in [6.45, 7) is 0. The number of rotatable bonds is 4. The van der Waals surface area contributed by atoms with Crippen LogP contribution in [0.25, 0.3) is 16.4 Å². The van der Waals surface area contributed by atoms with Crippen molar-refractivity contribution in [1.82, 2.24) is 19.8 Å². The molecule has 0 fully saturated rings. The summed E-state index contributed by atoms with van der Waals surface area (Å²) in [7, 11) is 4.03. The lowest BCUT2D eigenvalue weighted by Gasteiger charge is -2.11. The normalized spacial score (nSPS) is 11.4. The Morgan fingerprint density at radius 2 is 1.80 bits per heavy atom. The Kier molecular flexibility index (Phi) is 3.74. The third-order valence-electron chi connectivity index (χ3n) is 3.95. The highest BCUT2D eigenvalue weighted by atomic mass is 15.4. The van der Waals surface area contributed by atoms with Gasteiger partial charge in [-0.1, -0.05) is 36.4 Å². The van der Waals surface area contributed by atoms with E-state index in [9.17, 15) is 0 Å². The average molecular weight is 331 g/mol. The number of fused-ring (bicyclic) bond motifs is 3. The minimum absolute atomic E-state index is 0.657. The summed E-state index contributed by atoms with van der Waals surface area (Å²) in [5, 5.41) is 18.8. The molecule has 0 aliphatic rings. The van der Waals surface area contributed by atoms with E-state index in [1.807, 2.05) is 50.5 Å². The molecule has 7 nitrogen and oxygen atoms in total. The van der Waals surface area contributed by atoms with Gasteiger partial charge in [0.15, 0.2) is 11.5 Å². The molecule has 0 amide bonds. The van der Waals surface area contributed by atoms with Crippen LogP contribution in [0, 0.1) is 0 Å². The number of hydrogen-bond donors (Lipinski definition) is 1. The first kappa shape index (κ1) is 15.1. The molecule has 0 bridgehead atoms. The third kappa shape index (κ3) is 2.87. The second-order valence-corrected chi connectivity index (χ2v) is 5.85. The van der Waals surface area contributed by atoms with Crippen LogP contribution in [0.2, 0.25) is 0 Å². The van der Waals surface area contributed by atoms with Crippen LogP contribution < -0.4 is 10.3 Å². The summed E-state index contributed by atoms with van der Waals surface area (Å²) in [5.41, 5.74) is 5.91. The fourth-order valence-corrected chi connectivity index (χ4v) is 2.64. The molecule has 0 saturated heterocycles. The largest absolute Gasteiger partial charge is 0.378 e. The molecule has 0 unspecified atom stereocenters. The Balaban J connectivity index is 1.63. The molecule has 0 spiro atoms. The van der Waals surface area contributed by atoms with Crippen LogP contribution in [0.1, 0.15) is 5.56 Å². The molecule has 1 N–H and O–H groups in total. The Bertz CT molecular complexity index is 1050. The van der Waals surface area contributed by atoms with Gasteiger partial charge in [-0.25, -0.2) is 0 Å². The lowest BCUT2D eigenvalue weighted by Crippen LogP contribution is -2.08. The Hall–Kier alpha value is -3.48. The first-order valence-corrected chi connectivity index (χ1v) is 7.87. The van der Waals surface area contributed by atoms with Crippen molar-refractivity contribution >= 4 is 34.1 Å². The molecular weight excluding hydrogens is 314 g/mol.